The highest BCUT2D eigenvalue weighted by atomic mass is 32.1. The molecule has 0 aliphatic carbocycles. The molecule has 0 aliphatic heterocycles. The summed E-state index contributed by atoms with van der Waals surface area (Å²) in [5, 5.41) is 14.6. The minimum Gasteiger partial charge on any atom is -0.329 e. The number of aromatic nitrogens is 4. The molecule has 4 aromatic rings. The zero-order chi connectivity index (χ0) is 25.3. The number of nitrogens with zero attached hydrogens (tertiary/aromatic N) is 4. The Morgan fingerprint density at radius 1 is 0.886 bits per heavy atom. The summed E-state index contributed by atoms with van der Waals surface area (Å²) < 4.78 is 70.8. The van der Waals surface area contributed by atoms with E-state index in [2.05, 4.69) is 20.8 Å². The summed E-state index contributed by atoms with van der Waals surface area (Å²) >= 11 is 5.34. The van der Waals surface area contributed by atoms with Crippen molar-refractivity contribution in [3.05, 3.63) is 94.2 Å². The fourth-order valence-corrected chi connectivity index (χ4v) is 3.70. The lowest BCUT2D eigenvalue weighted by molar-refractivity contribution is 0.431. The third-order valence-corrected chi connectivity index (χ3v) is 5.47. The Morgan fingerprint density at radius 3 is 2.20 bits per heavy atom. The van der Waals surface area contributed by atoms with E-state index in [0.717, 1.165) is 15.9 Å². The first-order valence-corrected chi connectivity index (χ1v) is 10.7. The molecule has 0 saturated heterocycles. The molecule has 35 heavy (non-hydrogen) atoms. The summed E-state index contributed by atoms with van der Waals surface area (Å²) in [7, 11) is 0. The number of aryl methyl sites for hydroxylation is 1. The second-order valence-electron chi connectivity index (χ2n) is 7.75. The first-order chi connectivity index (χ1) is 16.6. The Hall–Kier alpha value is -3.80. The molecule has 0 aliphatic rings. The van der Waals surface area contributed by atoms with Gasteiger partial charge >= 0.3 is 0 Å². The smallest absolute Gasteiger partial charge is 0.176 e. The Balaban J connectivity index is 1.43. The van der Waals surface area contributed by atoms with Gasteiger partial charge in [-0.25, -0.2) is 22.0 Å². The van der Waals surface area contributed by atoms with Crippen LogP contribution in [0.15, 0.2) is 42.6 Å². The normalized spacial score (nSPS) is 11.1. The molecule has 182 valence electrons. The van der Waals surface area contributed by atoms with E-state index in [1.54, 1.807) is 23.7 Å². The van der Waals surface area contributed by atoms with Crippen molar-refractivity contribution in [3.63, 3.8) is 0 Å². The summed E-state index contributed by atoms with van der Waals surface area (Å²) in [6, 6.07) is 7.75. The van der Waals surface area contributed by atoms with Crippen molar-refractivity contribution in [1.29, 1.82) is 0 Å². The molecule has 2 aromatic heterocycles. The SMILES string of the molecule is Cc1nn(Cc2ccc(F)cc2)c(C)c1NC(=S)Nc1ccn(Cc2c(F)c(F)cc(F)c2F)n1. The molecule has 0 saturated carbocycles. The Labute approximate surface area is 202 Å². The largest absolute Gasteiger partial charge is 0.329 e. The van der Waals surface area contributed by atoms with Gasteiger partial charge in [0.05, 0.1) is 35.7 Å². The maximum absolute atomic E-state index is 13.9. The van der Waals surface area contributed by atoms with Crippen molar-refractivity contribution in [2.75, 3.05) is 10.6 Å². The van der Waals surface area contributed by atoms with Crippen molar-refractivity contribution >= 4 is 28.8 Å². The molecule has 0 amide bonds. The molecule has 0 radical (unpaired) electrons. The predicted molar refractivity (Wildman–Crippen MR) is 125 cm³/mol. The van der Waals surface area contributed by atoms with Gasteiger partial charge in [-0.1, -0.05) is 12.1 Å². The van der Waals surface area contributed by atoms with E-state index in [-0.39, 0.29) is 22.8 Å². The van der Waals surface area contributed by atoms with Gasteiger partial charge in [0.1, 0.15) is 5.82 Å². The topological polar surface area (TPSA) is 59.7 Å². The molecule has 0 fully saturated rings. The van der Waals surface area contributed by atoms with Crippen LogP contribution in [0.2, 0.25) is 0 Å². The number of hydrogen-bond acceptors (Lipinski definition) is 3. The fourth-order valence-electron chi connectivity index (χ4n) is 3.50. The molecular formula is C23H19F5N6S. The van der Waals surface area contributed by atoms with Gasteiger partial charge < -0.3 is 10.6 Å². The molecule has 0 unspecified atom stereocenters. The minimum absolute atomic E-state index is 0.153. The molecule has 6 nitrogen and oxygen atoms in total. The maximum Gasteiger partial charge on any atom is 0.176 e. The number of anilines is 2. The fraction of sp³-hybridized carbons (Fsp3) is 0.174. The molecule has 0 spiro atoms. The zero-order valence-electron chi connectivity index (χ0n) is 18.5. The van der Waals surface area contributed by atoms with E-state index >= 15 is 0 Å². The molecular weight excluding hydrogens is 487 g/mol. The van der Waals surface area contributed by atoms with Crippen molar-refractivity contribution < 1.29 is 22.0 Å². The highest BCUT2D eigenvalue weighted by Gasteiger charge is 2.20. The van der Waals surface area contributed by atoms with Crippen molar-refractivity contribution in [1.82, 2.24) is 19.6 Å². The lowest BCUT2D eigenvalue weighted by Crippen LogP contribution is -2.20. The first kappa shape index (κ1) is 24.3. The molecule has 2 aromatic carbocycles. The monoisotopic (exact) mass is 506 g/mol. The number of thiocarbonyl (C=S) groups is 1. The van der Waals surface area contributed by atoms with E-state index in [1.165, 1.54) is 24.4 Å². The van der Waals surface area contributed by atoms with Gasteiger partial charge in [0.25, 0.3) is 0 Å². The standard InChI is InChI=1S/C23H19F5N6S/c1-12-22(13(2)34(31-12)10-14-3-5-15(24)6-4-14)30-23(35)29-19-7-8-33(32-19)11-16-20(27)17(25)9-18(26)21(16)28/h3-9H,10-11H2,1-2H3,(H2,29,30,32,35). The Kier molecular flexibility index (Phi) is 6.83. The van der Waals surface area contributed by atoms with Crippen LogP contribution in [-0.4, -0.2) is 24.7 Å². The number of benzene rings is 2. The lowest BCUT2D eigenvalue weighted by Gasteiger charge is -2.10. The van der Waals surface area contributed by atoms with Gasteiger partial charge in [-0.05, 0) is 43.8 Å². The number of halogens is 5. The zero-order valence-corrected chi connectivity index (χ0v) is 19.4. The predicted octanol–water partition coefficient (Wildman–Crippen LogP) is 5.30. The van der Waals surface area contributed by atoms with Crippen molar-refractivity contribution in [2.45, 2.75) is 26.9 Å². The highest BCUT2D eigenvalue weighted by molar-refractivity contribution is 7.80. The summed E-state index contributed by atoms with van der Waals surface area (Å²) in [6.07, 6.45) is 1.38. The van der Waals surface area contributed by atoms with E-state index in [0.29, 0.717) is 17.9 Å². The molecule has 0 atom stereocenters. The van der Waals surface area contributed by atoms with Crippen LogP contribution in [0.4, 0.5) is 33.5 Å². The van der Waals surface area contributed by atoms with Gasteiger partial charge in [-0.15, -0.1) is 0 Å². The molecule has 12 heteroatoms. The second kappa shape index (κ2) is 9.82. The van der Waals surface area contributed by atoms with Crippen LogP contribution in [0.5, 0.6) is 0 Å². The van der Waals surface area contributed by atoms with Gasteiger partial charge in [0.15, 0.2) is 34.2 Å². The second-order valence-corrected chi connectivity index (χ2v) is 8.16. The number of rotatable bonds is 6. The quantitative estimate of drug-likeness (QED) is 0.211. The summed E-state index contributed by atoms with van der Waals surface area (Å²) in [5.41, 5.74) is 2.24. The molecule has 2 heterocycles. The van der Waals surface area contributed by atoms with Gasteiger partial charge in [0.2, 0.25) is 0 Å². The number of nitrogens with one attached hydrogen (secondary N) is 2. The van der Waals surface area contributed by atoms with Crippen molar-refractivity contribution in [3.8, 4) is 0 Å². The lowest BCUT2D eigenvalue weighted by atomic mass is 10.2. The van der Waals surface area contributed by atoms with Gasteiger partial charge in [-0.2, -0.15) is 10.2 Å². The Morgan fingerprint density at radius 2 is 1.54 bits per heavy atom. The van der Waals surface area contributed by atoms with E-state index in [4.69, 9.17) is 12.2 Å². The average Bonchev–Trinajstić information content (AvgIpc) is 3.36. The summed E-state index contributed by atoms with van der Waals surface area (Å²) in [4.78, 5) is 0. The van der Waals surface area contributed by atoms with Crippen LogP contribution < -0.4 is 10.6 Å². The first-order valence-electron chi connectivity index (χ1n) is 10.3. The number of hydrogen-bond donors (Lipinski definition) is 2. The van der Waals surface area contributed by atoms with Crippen LogP contribution in [0.25, 0.3) is 0 Å². The third-order valence-electron chi connectivity index (χ3n) is 5.27. The van der Waals surface area contributed by atoms with Crippen molar-refractivity contribution in [2.24, 2.45) is 0 Å². The maximum atomic E-state index is 13.9. The summed E-state index contributed by atoms with van der Waals surface area (Å²) in [6.45, 7) is 3.56. The molecule has 4 rings (SSSR count). The molecule has 0 bridgehead atoms. The van der Waals surface area contributed by atoms with Crippen LogP contribution in [0.3, 0.4) is 0 Å². The van der Waals surface area contributed by atoms with Crippen LogP contribution in [0.1, 0.15) is 22.5 Å². The van der Waals surface area contributed by atoms with E-state index in [1.807, 2.05) is 6.92 Å². The third kappa shape index (κ3) is 5.32. The van der Waals surface area contributed by atoms with Gasteiger partial charge in [0, 0.05) is 18.3 Å². The van der Waals surface area contributed by atoms with E-state index in [9.17, 15) is 22.0 Å². The molecule has 2 N–H and O–H groups in total. The van der Waals surface area contributed by atoms with Gasteiger partial charge in [-0.3, -0.25) is 9.36 Å². The summed E-state index contributed by atoms with van der Waals surface area (Å²) in [5.74, 6) is -6.00. The minimum atomic E-state index is -1.49. The van der Waals surface area contributed by atoms with Crippen LogP contribution in [0, 0.1) is 42.9 Å². The Bertz CT molecular complexity index is 1370. The average molecular weight is 507 g/mol. The van der Waals surface area contributed by atoms with Crippen LogP contribution in [-0.2, 0) is 13.1 Å². The highest BCUT2D eigenvalue weighted by Crippen LogP contribution is 2.22. The van der Waals surface area contributed by atoms with E-state index < -0.39 is 35.4 Å². The van der Waals surface area contributed by atoms with Crippen LogP contribution >= 0.6 is 12.2 Å².